The van der Waals surface area contributed by atoms with Crippen LogP contribution in [0.5, 0.6) is 5.75 Å². The van der Waals surface area contributed by atoms with Crippen LogP contribution >= 0.6 is 0 Å². The predicted molar refractivity (Wildman–Crippen MR) is 86.6 cm³/mol. The summed E-state index contributed by atoms with van der Waals surface area (Å²) in [7, 11) is 1.41. The van der Waals surface area contributed by atoms with Crippen LogP contribution in [0.4, 0.5) is 11.4 Å². The molecule has 23 heavy (non-hydrogen) atoms. The Labute approximate surface area is 134 Å². The van der Waals surface area contributed by atoms with Gasteiger partial charge < -0.3 is 20.7 Å². The first kappa shape index (κ1) is 17.0. The zero-order valence-corrected chi connectivity index (χ0v) is 13.2. The van der Waals surface area contributed by atoms with E-state index in [9.17, 15) is 14.9 Å². The van der Waals surface area contributed by atoms with Crippen LogP contribution < -0.4 is 20.7 Å². The molecule has 1 amide bonds. The van der Waals surface area contributed by atoms with Crippen molar-refractivity contribution in [1.82, 2.24) is 5.32 Å². The van der Waals surface area contributed by atoms with Gasteiger partial charge in [0, 0.05) is 44.0 Å². The van der Waals surface area contributed by atoms with E-state index in [4.69, 9.17) is 10.5 Å². The first-order chi connectivity index (χ1) is 11.1. The van der Waals surface area contributed by atoms with Crippen LogP contribution in [0.2, 0.25) is 0 Å². The van der Waals surface area contributed by atoms with Gasteiger partial charge in [-0.25, -0.2) is 0 Å². The number of nitrogens with zero attached hydrogens (tertiary/aromatic N) is 2. The number of nitro groups is 1. The van der Waals surface area contributed by atoms with Crippen molar-refractivity contribution >= 4 is 17.3 Å². The van der Waals surface area contributed by atoms with Gasteiger partial charge in [0.15, 0.2) is 5.75 Å². The largest absolute Gasteiger partial charge is 0.490 e. The fourth-order valence-corrected chi connectivity index (χ4v) is 2.78. The lowest BCUT2D eigenvalue weighted by atomic mass is 9.96. The highest BCUT2D eigenvalue weighted by molar-refractivity contribution is 5.79. The number of amides is 1. The Morgan fingerprint density at radius 1 is 1.57 bits per heavy atom. The number of nitro benzene ring substituents is 1. The molecule has 0 aromatic heterocycles. The molecule has 126 valence electrons. The van der Waals surface area contributed by atoms with Gasteiger partial charge >= 0.3 is 5.69 Å². The second-order valence-corrected chi connectivity index (χ2v) is 5.48. The standard InChI is InChI=1S/C15H22N4O4/c1-23-14-9-12(4-5-13(14)19(21)22)18-8-2-3-11(10-18)15(20)17-7-6-16/h4-5,9,11H,2-3,6-8,10,16H2,1H3,(H,17,20). The van der Waals surface area contributed by atoms with Gasteiger partial charge in [-0.2, -0.15) is 0 Å². The molecule has 0 spiro atoms. The third kappa shape index (κ3) is 4.10. The van der Waals surface area contributed by atoms with E-state index < -0.39 is 4.92 Å². The normalized spacial score (nSPS) is 17.7. The molecule has 2 rings (SSSR count). The number of hydrogen-bond acceptors (Lipinski definition) is 6. The van der Waals surface area contributed by atoms with E-state index in [0.29, 0.717) is 19.6 Å². The molecule has 0 bridgehead atoms. The number of nitrogens with one attached hydrogen (secondary N) is 1. The highest BCUT2D eigenvalue weighted by Crippen LogP contribution is 2.33. The lowest BCUT2D eigenvalue weighted by Crippen LogP contribution is -2.44. The van der Waals surface area contributed by atoms with E-state index in [1.165, 1.54) is 13.2 Å². The van der Waals surface area contributed by atoms with Crippen molar-refractivity contribution in [3.8, 4) is 5.75 Å². The number of carbonyl (C=O) groups excluding carboxylic acids is 1. The maximum absolute atomic E-state index is 12.1. The summed E-state index contributed by atoms with van der Waals surface area (Å²) in [5, 5.41) is 13.8. The minimum atomic E-state index is -0.470. The number of nitrogens with two attached hydrogens (primary N) is 1. The fraction of sp³-hybridized carbons (Fsp3) is 0.533. The number of piperidine rings is 1. The van der Waals surface area contributed by atoms with Gasteiger partial charge in [-0.05, 0) is 18.9 Å². The quantitative estimate of drug-likeness (QED) is 0.594. The van der Waals surface area contributed by atoms with Gasteiger partial charge in [0.1, 0.15) is 0 Å². The molecule has 1 aromatic carbocycles. The van der Waals surface area contributed by atoms with Crippen LogP contribution in [0.15, 0.2) is 18.2 Å². The molecule has 1 aliphatic rings. The van der Waals surface area contributed by atoms with Crippen LogP contribution in [0, 0.1) is 16.0 Å². The zero-order valence-electron chi connectivity index (χ0n) is 13.2. The maximum atomic E-state index is 12.1. The van der Waals surface area contributed by atoms with Crippen molar-refractivity contribution in [2.45, 2.75) is 12.8 Å². The summed E-state index contributed by atoms with van der Waals surface area (Å²) in [4.78, 5) is 24.6. The van der Waals surface area contributed by atoms with E-state index in [2.05, 4.69) is 10.2 Å². The predicted octanol–water partition coefficient (Wildman–Crippen LogP) is 0.895. The van der Waals surface area contributed by atoms with Crippen molar-refractivity contribution in [1.29, 1.82) is 0 Å². The van der Waals surface area contributed by atoms with Crippen molar-refractivity contribution in [2.75, 3.05) is 38.2 Å². The highest BCUT2D eigenvalue weighted by Gasteiger charge is 2.26. The zero-order chi connectivity index (χ0) is 16.8. The summed E-state index contributed by atoms with van der Waals surface area (Å²) in [6, 6.07) is 4.78. The summed E-state index contributed by atoms with van der Waals surface area (Å²) in [5.41, 5.74) is 6.16. The molecule has 1 unspecified atom stereocenters. The molecule has 8 heteroatoms. The Balaban J connectivity index is 2.12. The molecule has 1 aromatic rings. The monoisotopic (exact) mass is 322 g/mol. The van der Waals surface area contributed by atoms with E-state index in [1.807, 2.05) is 0 Å². The van der Waals surface area contributed by atoms with Crippen LogP contribution in [0.1, 0.15) is 12.8 Å². The van der Waals surface area contributed by atoms with Crippen LogP contribution in [-0.4, -0.2) is 44.1 Å². The Hall–Kier alpha value is -2.35. The van der Waals surface area contributed by atoms with E-state index in [1.54, 1.807) is 12.1 Å². The van der Waals surface area contributed by atoms with Crippen LogP contribution in [0.3, 0.4) is 0 Å². The minimum absolute atomic E-state index is 0.00836. The van der Waals surface area contributed by atoms with Crippen LogP contribution in [0.25, 0.3) is 0 Å². The summed E-state index contributed by atoms with van der Waals surface area (Å²) >= 11 is 0. The molecule has 0 aliphatic carbocycles. The molecule has 1 atom stereocenters. The molecule has 0 radical (unpaired) electrons. The third-order valence-electron chi connectivity index (χ3n) is 3.96. The first-order valence-corrected chi connectivity index (χ1v) is 7.62. The molecule has 1 fully saturated rings. The summed E-state index contributed by atoms with van der Waals surface area (Å²) < 4.78 is 5.10. The Morgan fingerprint density at radius 2 is 2.35 bits per heavy atom. The van der Waals surface area contributed by atoms with E-state index in [0.717, 1.165) is 25.1 Å². The Bertz CT molecular complexity index is 579. The first-order valence-electron chi connectivity index (χ1n) is 7.62. The van der Waals surface area contributed by atoms with E-state index in [-0.39, 0.29) is 23.3 Å². The highest BCUT2D eigenvalue weighted by atomic mass is 16.6. The molecule has 1 aliphatic heterocycles. The minimum Gasteiger partial charge on any atom is -0.490 e. The smallest absolute Gasteiger partial charge is 0.311 e. The van der Waals surface area contributed by atoms with Gasteiger partial charge in [-0.1, -0.05) is 0 Å². The summed E-state index contributed by atoms with van der Waals surface area (Å²) in [6.45, 7) is 2.28. The molecule has 0 saturated carbocycles. The summed E-state index contributed by atoms with van der Waals surface area (Å²) in [5.74, 6) is 0.132. The molecule has 3 N–H and O–H groups in total. The lowest BCUT2D eigenvalue weighted by molar-refractivity contribution is -0.385. The van der Waals surface area contributed by atoms with Crippen molar-refractivity contribution < 1.29 is 14.5 Å². The molecule has 1 heterocycles. The van der Waals surface area contributed by atoms with E-state index >= 15 is 0 Å². The second-order valence-electron chi connectivity index (χ2n) is 5.48. The Morgan fingerprint density at radius 3 is 3.00 bits per heavy atom. The summed E-state index contributed by atoms with van der Waals surface area (Å²) in [6.07, 6.45) is 1.72. The average molecular weight is 322 g/mol. The van der Waals surface area contributed by atoms with Gasteiger partial charge in [0.2, 0.25) is 5.91 Å². The fourth-order valence-electron chi connectivity index (χ4n) is 2.78. The molecule has 1 saturated heterocycles. The maximum Gasteiger partial charge on any atom is 0.311 e. The number of anilines is 1. The Kier molecular flexibility index (Phi) is 5.75. The third-order valence-corrected chi connectivity index (χ3v) is 3.96. The van der Waals surface area contributed by atoms with Gasteiger partial charge in [-0.15, -0.1) is 0 Å². The van der Waals surface area contributed by atoms with Gasteiger partial charge in [-0.3, -0.25) is 14.9 Å². The lowest BCUT2D eigenvalue weighted by Gasteiger charge is -2.33. The van der Waals surface area contributed by atoms with Crippen LogP contribution in [-0.2, 0) is 4.79 Å². The number of benzene rings is 1. The number of rotatable bonds is 6. The molecular formula is C15H22N4O4. The number of hydrogen-bond donors (Lipinski definition) is 2. The topological polar surface area (TPSA) is 111 Å². The molecule has 8 nitrogen and oxygen atoms in total. The number of methoxy groups -OCH3 is 1. The number of carbonyl (C=O) groups is 1. The van der Waals surface area contributed by atoms with Gasteiger partial charge in [0.05, 0.1) is 18.0 Å². The molecular weight excluding hydrogens is 300 g/mol. The van der Waals surface area contributed by atoms with Gasteiger partial charge in [0.25, 0.3) is 0 Å². The number of ether oxygens (including phenoxy) is 1. The van der Waals surface area contributed by atoms with Crippen molar-refractivity contribution in [3.63, 3.8) is 0 Å². The SMILES string of the molecule is COc1cc(N2CCCC(C(=O)NCCN)C2)ccc1[N+](=O)[O-]. The average Bonchev–Trinajstić information content (AvgIpc) is 2.59. The second kappa shape index (κ2) is 7.77. The van der Waals surface area contributed by atoms with Crippen molar-refractivity contribution in [3.05, 3.63) is 28.3 Å². The van der Waals surface area contributed by atoms with Crippen molar-refractivity contribution in [2.24, 2.45) is 11.7 Å².